The van der Waals surface area contributed by atoms with E-state index in [4.69, 9.17) is 5.73 Å². The Morgan fingerprint density at radius 1 is 1.33 bits per heavy atom. The number of carbonyl (C=O) groups is 1. The van der Waals surface area contributed by atoms with Crippen molar-refractivity contribution in [3.63, 3.8) is 0 Å². The molecule has 1 unspecified atom stereocenters. The lowest BCUT2D eigenvalue weighted by atomic mass is 9.88. The Morgan fingerprint density at radius 3 is 2.76 bits per heavy atom. The Morgan fingerprint density at radius 2 is 2.10 bits per heavy atom. The van der Waals surface area contributed by atoms with E-state index < -0.39 is 0 Å². The summed E-state index contributed by atoms with van der Waals surface area (Å²) in [6.45, 7) is 5.10. The molecule has 1 heterocycles. The van der Waals surface area contributed by atoms with Gasteiger partial charge in [0.15, 0.2) is 5.13 Å². The highest BCUT2D eigenvalue weighted by molar-refractivity contribution is 7.15. The van der Waals surface area contributed by atoms with Gasteiger partial charge < -0.3 is 11.1 Å². The molecule has 2 rings (SSSR count). The van der Waals surface area contributed by atoms with Gasteiger partial charge in [-0.1, -0.05) is 13.8 Å². The molecule has 21 heavy (non-hydrogen) atoms. The van der Waals surface area contributed by atoms with Crippen LogP contribution in [-0.2, 0) is 17.6 Å². The van der Waals surface area contributed by atoms with Gasteiger partial charge in [0.1, 0.15) is 0 Å². The van der Waals surface area contributed by atoms with E-state index in [9.17, 15) is 4.79 Å². The van der Waals surface area contributed by atoms with Crippen LogP contribution < -0.4 is 11.1 Å². The van der Waals surface area contributed by atoms with E-state index >= 15 is 0 Å². The van der Waals surface area contributed by atoms with E-state index in [1.807, 2.05) is 0 Å². The van der Waals surface area contributed by atoms with Gasteiger partial charge in [-0.3, -0.25) is 4.79 Å². The first-order valence-electron chi connectivity index (χ1n) is 8.08. The normalized spacial score (nSPS) is 15.8. The summed E-state index contributed by atoms with van der Waals surface area (Å²) in [5.74, 6) is 1.20. The maximum atomic E-state index is 12.1. The lowest BCUT2D eigenvalue weighted by molar-refractivity contribution is -0.116. The van der Waals surface area contributed by atoms with Gasteiger partial charge in [-0.05, 0) is 56.9 Å². The summed E-state index contributed by atoms with van der Waals surface area (Å²) in [6.07, 6.45) is 7.12. The molecule has 0 fully saturated rings. The molecule has 0 bridgehead atoms. The fraction of sp³-hybridized carbons (Fsp3) is 0.750. The maximum Gasteiger partial charge on any atom is 0.226 e. The number of aryl methyl sites for hydroxylation is 2. The molecule has 3 N–H and O–H groups in total. The third-order valence-electron chi connectivity index (χ3n) is 4.31. The molecular formula is C16H27N3OS. The van der Waals surface area contributed by atoms with Crippen molar-refractivity contribution in [2.45, 2.75) is 58.8 Å². The van der Waals surface area contributed by atoms with Crippen LogP contribution in [0.4, 0.5) is 5.13 Å². The largest absolute Gasteiger partial charge is 0.330 e. The van der Waals surface area contributed by atoms with Crippen molar-refractivity contribution in [2.24, 2.45) is 17.6 Å². The van der Waals surface area contributed by atoms with E-state index in [0.717, 1.165) is 30.8 Å². The summed E-state index contributed by atoms with van der Waals surface area (Å²) in [4.78, 5) is 18.0. The number of aromatic nitrogens is 1. The monoisotopic (exact) mass is 309 g/mol. The summed E-state index contributed by atoms with van der Waals surface area (Å²) in [7, 11) is 0. The van der Waals surface area contributed by atoms with Crippen LogP contribution in [0.15, 0.2) is 0 Å². The zero-order valence-electron chi connectivity index (χ0n) is 13.2. The summed E-state index contributed by atoms with van der Waals surface area (Å²) in [5.41, 5.74) is 6.84. The summed E-state index contributed by atoms with van der Waals surface area (Å²) < 4.78 is 0. The molecule has 0 aromatic carbocycles. The number of nitrogens with zero attached hydrogens (tertiary/aromatic N) is 1. The average molecular weight is 309 g/mol. The topological polar surface area (TPSA) is 68.0 Å². The lowest BCUT2D eigenvalue weighted by Crippen LogP contribution is -2.18. The molecule has 0 radical (unpaired) electrons. The van der Waals surface area contributed by atoms with Crippen molar-refractivity contribution in [1.29, 1.82) is 0 Å². The second kappa shape index (κ2) is 7.90. The minimum Gasteiger partial charge on any atom is -0.330 e. The van der Waals surface area contributed by atoms with Crippen LogP contribution in [0.1, 0.15) is 56.5 Å². The van der Waals surface area contributed by atoms with E-state index in [1.165, 1.54) is 23.4 Å². The molecule has 0 spiro atoms. The lowest BCUT2D eigenvalue weighted by Gasteiger charge is -2.19. The van der Waals surface area contributed by atoms with Gasteiger partial charge in [0, 0.05) is 11.3 Å². The van der Waals surface area contributed by atoms with Crippen molar-refractivity contribution in [3.8, 4) is 0 Å². The number of hydrogen-bond donors (Lipinski definition) is 2. The molecule has 0 aliphatic heterocycles. The Kier molecular flexibility index (Phi) is 6.18. The van der Waals surface area contributed by atoms with Gasteiger partial charge in [0.25, 0.3) is 0 Å². The Hall–Kier alpha value is -0.940. The van der Waals surface area contributed by atoms with Gasteiger partial charge in [0.05, 0.1) is 5.69 Å². The zero-order valence-corrected chi connectivity index (χ0v) is 14.0. The highest BCUT2D eigenvalue weighted by Gasteiger charge is 2.18. The second-order valence-corrected chi connectivity index (χ2v) is 7.35. The molecule has 5 heteroatoms. The third-order valence-corrected chi connectivity index (χ3v) is 5.39. The predicted molar refractivity (Wildman–Crippen MR) is 88.6 cm³/mol. The third kappa shape index (κ3) is 4.78. The number of fused-ring (bicyclic) bond motifs is 1. The number of thiazole rings is 1. The summed E-state index contributed by atoms with van der Waals surface area (Å²) in [6, 6.07) is 0. The van der Waals surface area contributed by atoms with E-state index in [-0.39, 0.29) is 5.91 Å². The summed E-state index contributed by atoms with van der Waals surface area (Å²) in [5, 5.41) is 3.76. The number of nitrogens with two attached hydrogens (primary N) is 1. The molecule has 118 valence electrons. The highest BCUT2D eigenvalue weighted by atomic mass is 32.1. The Labute approximate surface area is 131 Å². The number of nitrogens with one attached hydrogen (secondary N) is 1. The molecular weight excluding hydrogens is 282 g/mol. The molecule has 1 amide bonds. The second-order valence-electron chi connectivity index (χ2n) is 6.26. The minimum absolute atomic E-state index is 0.0868. The molecule has 1 atom stereocenters. The first kappa shape index (κ1) is 16.4. The molecule has 0 saturated heterocycles. The number of amides is 1. The number of carbonyl (C=O) groups excluding carboxylic acids is 1. The number of hydrogen-bond acceptors (Lipinski definition) is 4. The first-order valence-corrected chi connectivity index (χ1v) is 8.90. The van der Waals surface area contributed by atoms with Crippen LogP contribution in [0.2, 0.25) is 0 Å². The predicted octanol–water partition coefficient (Wildman–Crippen LogP) is 3.36. The zero-order chi connectivity index (χ0) is 15.2. The quantitative estimate of drug-likeness (QED) is 0.811. The first-order chi connectivity index (χ1) is 10.1. The van der Waals surface area contributed by atoms with Crippen molar-refractivity contribution in [3.05, 3.63) is 10.6 Å². The molecule has 1 aliphatic rings. The van der Waals surface area contributed by atoms with Crippen LogP contribution in [-0.4, -0.2) is 17.4 Å². The van der Waals surface area contributed by atoms with Gasteiger partial charge >= 0.3 is 0 Å². The summed E-state index contributed by atoms with van der Waals surface area (Å²) >= 11 is 1.65. The van der Waals surface area contributed by atoms with Crippen LogP contribution in [0.5, 0.6) is 0 Å². The van der Waals surface area contributed by atoms with Gasteiger partial charge in [-0.2, -0.15) is 0 Å². The van der Waals surface area contributed by atoms with E-state index in [1.54, 1.807) is 11.3 Å². The van der Waals surface area contributed by atoms with Crippen LogP contribution in [0.25, 0.3) is 0 Å². The molecule has 1 aliphatic carbocycles. The molecule has 0 saturated carbocycles. The minimum atomic E-state index is 0.0868. The van der Waals surface area contributed by atoms with Gasteiger partial charge in [-0.25, -0.2) is 4.98 Å². The number of anilines is 1. The van der Waals surface area contributed by atoms with Crippen molar-refractivity contribution < 1.29 is 4.79 Å². The van der Waals surface area contributed by atoms with Crippen molar-refractivity contribution in [1.82, 2.24) is 4.98 Å². The Bertz CT molecular complexity index is 447. The fourth-order valence-electron chi connectivity index (χ4n) is 2.93. The van der Waals surface area contributed by atoms with E-state index in [2.05, 4.69) is 24.1 Å². The van der Waals surface area contributed by atoms with Crippen molar-refractivity contribution >= 4 is 22.4 Å². The molecule has 4 nitrogen and oxygen atoms in total. The van der Waals surface area contributed by atoms with Crippen LogP contribution >= 0.6 is 11.3 Å². The number of rotatable bonds is 7. The molecule has 1 aromatic heterocycles. The van der Waals surface area contributed by atoms with Gasteiger partial charge in [-0.15, -0.1) is 11.3 Å². The smallest absolute Gasteiger partial charge is 0.226 e. The fourth-order valence-corrected chi connectivity index (χ4v) is 3.99. The van der Waals surface area contributed by atoms with Gasteiger partial charge in [0.2, 0.25) is 5.91 Å². The van der Waals surface area contributed by atoms with E-state index in [0.29, 0.717) is 24.8 Å². The molecule has 1 aromatic rings. The van der Waals surface area contributed by atoms with Crippen LogP contribution in [0.3, 0.4) is 0 Å². The Balaban J connectivity index is 1.82. The maximum absolute atomic E-state index is 12.1. The van der Waals surface area contributed by atoms with Crippen LogP contribution in [0, 0.1) is 11.8 Å². The SMILES string of the molecule is CC(C)C(CCN)CCC(=O)Nc1nc2c(s1)CCCC2. The average Bonchev–Trinajstić information content (AvgIpc) is 2.85. The highest BCUT2D eigenvalue weighted by Crippen LogP contribution is 2.29. The standard InChI is InChI=1S/C16H27N3OS/c1-11(2)12(9-10-17)7-8-15(20)19-16-18-13-5-3-4-6-14(13)21-16/h11-12H,3-10,17H2,1-2H3,(H,18,19,20). The van der Waals surface area contributed by atoms with Crippen molar-refractivity contribution in [2.75, 3.05) is 11.9 Å².